The summed E-state index contributed by atoms with van der Waals surface area (Å²) in [7, 11) is 0. The first kappa shape index (κ1) is 6.81. The summed E-state index contributed by atoms with van der Waals surface area (Å²) in [6, 6.07) is 9.77. The van der Waals surface area contributed by atoms with E-state index in [4.69, 9.17) is 17.3 Å². The third kappa shape index (κ3) is 1.83. The number of rotatable bonds is 1. The van der Waals surface area contributed by atoms with Gasteiger partial charge in [0.1, 0.15) is 0 Å². The Labute approximate surface area is 60.4 Å². The van der Waals surface area contributed by atoms with E-state index in [0.29, 0.717) is 0 Å². The Bertz CT molecular complexity index is 210. The third-order valence-electron chi connectivity index (χ3n) is 1.01. The minimum Gasteiger partial charge on any atom is -0.141 e. The van der Waals surface area contributed by atoms with Gasteiger partial charge in [0.15, 0.2) is 17.1 Å². The molecular formula is C6H7NPS+. The lowest BCUT2D eigenvalue weighted by Crippen LogP contribution is -1.98. The van der Waals surface area contributed by atoms with Crippen molar-refractivity contribution in [3.63, 3.8) is 0 Å². The van der Waals surface area contributed by atoms with E-state index in [-0.39, 0.29) is 0 Å². The van der Waals surface area contributed by atoms with Crippen LogP contribution in [-0.2, 0) is 11.8 Å². The van der Waals surface area contributed by atoms with Gasteiger partial charge in [-0.3, -0.25) is 0 Å². The topological polar surface area (TPSA) is 26.0 Å². The second-order valence-corrected chi connectivity index (χ2v) is 4.01. The van der Waals surface area contributed by atoms with Crippen molar-refractivity contribution in [2.45, 2.75) is 0 Å². The molecule has 0 bridgehead atoms. The van der Waals surface area contributed by atoms with Gasteiger partial charge in [-0.1, -0.05) is 18.2 Å². The molecule has 46 valence electrons. The van der Waals surface area contributed by atoms with Gasteiger partial charge in [-0.05, 0) is 12.1 Å². The number of hydrogen-bond donors (Lipinski definition) is 1. The van der Waals surface area contributed by atoms with Crippen molar-refractivity contribution < 1.29 is 0 Å². The average Bonchev–Trinajstić information content (AvgIpc) is 1.90. The highest BCUT2D eigenvalue weighted by molar-refractivity contribution is 8.07. The van der Waals surface area contributed by atoms with Crippen molar-refractivity contribution in [2.24, 2.45) is 5.50 Å². The summed E-state index contributed by atoms with van der Waals surface area (Å²) in [6.07, 6.45) is 0. The quantitative estimate of drug-likeness (QED) is 0.617. The van der Waals surface area contributed by atoms with E-state index in [1.54, 1.807) is 0 Å². The van der Waals surface area contributed by atoms with Gasteiger partial charge in [0.25, 0.3) is 6.85 Å². The summed E-state index contributed by atoms with van der Waals surface area (Å²) in [5, 5.41) is 1.07. The van der Waals surface area contributed by atoms with E-state index in [9.17, 15) is 0 Å². The molecule has 9 heavy (non-hydrogen) atoms. The molecule has 2 N–H and O–H groups in total. The SMILES string of the molecule is N[P+](=S)c1ccccc1. The van der Waals surface area contributed by atoms with Gasteiger partial charge in [0, 0.05) is 0 Å². The maximum atomic E-state index is 5.49. The van der Waals surface area contributed by atoms with Crippen LogP contribution in [-0.4, -0.2) is 0 Å². The zero-order valence-electron chi connectivity index (χ0n) is 4.82. The molecule has 0 amide bonds. The first-order valence-corrected chi connectivity index (χ1v) is 5.00. The Kier molecular flexibility index (Phi) is 2.29. The molecule has 0 heterocycles. The lowest BCUT2D eigenvalue weighted by atomic mass is 10.4. The largest absolute Gasteiger partial charge is 0.300 e. The fourth-order valence-corrected chi connectivity index (χ4v) is 1.41. The molecule has 1 aromatic rings. The molecule has 1 atom stereocenters. The maximum absolute atomic E-state index is 5.49. The van der Waals surface area contributed by atoms with Gasteiger partial charge < -0.3 is 0 Å². The van der Waals surface area contributed by atoms with Gasteiger partial charge >= 0.3 is 0 Å². The van der Waals surface area contributed by atoms with Gasteiger partial charge in [0.05, 0.1) is 0 Å². The van der Waals surface area contributed by atoms with Crippen molar-refractivity contribution in [3.05, 3.63) is 30.3 Å². The molecule has 0 radical (unpaired) electrons. The summed E-state index contributed by atoms with van der Waals surface area (Å²) in [5.41, 5.74) is 5.49. The van der Waals surface area contributed by atoms with Gasteiger partial charge in [-0.2, -0.15) is 0 Å². The first-order valence-electron chi connectivity index (χ1n) is 2.58. The van der Waals surface area contributed by atoms with E-state index >= 15 is 0 Å². The molecule has 1 unspecified atom stereocenters. The van der Waals surface area contributed by atoms with Gasteiger partial charge in [-0.25, -0.2) is 0 Å². The van der Waals surface area contributed by atoms with E-state index < -0.39 is 6.85 Å². The molecule has 0 fully saturated rings. The molecule has 0 aliphatic rings. The zero-order chi connectivity index (χ0) is 6.69. The Morgan fingerprint density at radius 3 is 2.11 bits per heavy atom. The monoisotopic (exact) mass is 156 g/mol. The smallest absolute Gasteiger partial charge is 0.141 e. The second-order valence-electron chi connectivity index (χ2n) is 1.66. The van der Waals surface area contributed by atoms with Crippen molar-refractivity contribution >= 4 is 24.0 Å². The van der Waals surface area contributed by atoms with Gasteiger partial charge in [-0.15, -0.1) is 5.50 Å². The Morgan fingerprint density at radius 1 is 1.22 bits per heavy atom. The highest BCUT2D eigenvalue weighted by atomic mass is 32.4. The molecule has 3 heteroatoms. The number of benzene rings is 1. The Balaban J connectivity index is 2.98. The van der Waals surface area contributed by atoms with Crippen LogP contribution in [0, 0.1) is 0 Å². The summed E-state index contributed by atoms with van der Waals surface area (Å²) in [6.45, 7) is -0.812. The minimum atomic E-state index is -0.812. The number of hydrogen-bond acceptors (Lipinski definition) is 1. The van der Waals surface area contributed by atoms with Crippen LogP contribution in [0.3, 0.4) is 0 Å². The van der Waals surface area contributed by atoms with Crippen LogP contribution in [0.1, 0.15) is 0 Å². The molecule has 0 aliphatic heterocycles. The summed E-state index contributed by atoms with van der Waals surface area (Å²) in [5.74, 6) is 0. The molecule has 1 rings (SSSR count). The molecule has 1 nitrogen and oxygen atoms in total. The third-order valence-corrected chi connectivity index (χ3v) is 2.45. The molecule has 1 aromatic carbocycles. The molecule has 0 saturated heterocycles. The van der Waals surface area contributed by atoms with Crippen LogP contribution in [0.2, 0.25) is 0 Å². The van der Waals surface area contributed by atoms with Crippen molar-refractivity contribution in [3.8, 4) is 0 Å². The lowest BCUT2D eigenvalue weighted by Gasteiger charge is -1.81. The lowest BCUT2D eigenvalue weighted by molar-refractivity contribution is 1.77. The first-order chi connectivity index (χ1) is 4.30. The normalized spacial score (nSPS) is 11.0. The molecule has 0 aliphatic carbocycles. The van der Waals surface area contributed by atoms with E-state index in [1.807, 2.05) is 30.3 Å². The summed E-state index contributed by atoms with van der Waals surface area (Å²) < 4.78 is 0. The van der Waals surface area contributed by atoms with Crippen LogP contribution in [0.25, 0.3) is 0 Å². The molecule has 0 spiro atoms. The van der Waals surface area contributed by atoms with Crippen molar-refractivity contribution in [2.75, 3.05) is 0 Å². The van der Waals surface area contributed by atoms with Crippen molar-refractivity contribution in [1.29, 1.82) is 0 Å². The molecule has 0 aromatic heterocycles. The zero-order valence-corrected chi connectivity index (χ0v) is 6.53. The van der Waals surface area contributed by atoms with Crippen LogP contribution in [0.4, 0.5) is 0 Å². The summed E-state index contributed by atoms with van der Waals surface area (Å²) >= 11 is 4.89. The minimum absolute atomic E-state index is 0.812. The van der Waals surface area contributed by atoms with E-state index in [0.717, 1.165) is 5.30 Å². The summed E-state index contributed by atoms with van der Waals surface area (Å²) in [4.78, 5) is 0. The predicted molar refractivity (Wildman–Crippen MR) is 44.5 cm³/mol. The fourth-order valence-electron chi connectivity index (χ4n) is 0.575. The van der Waals surface area contributed by atoms with E-state index in [2.05, 4.69) is 0 Å². The number of nitrogens with two attached hydrogens (primary N) is 1. The van der Waals surface area contributed by atoms with Crippen LogP contribution >= 0.6 is 6.85 Å². The highest BCUT2D eigenvalue weighted by Gasteiger charge is 2.03. The van der Waals surface area contributed by atoms with Crippen molar-refractivity contribution in [1.82, 2.24) is 0 Å². The predicted octanol–water partition coefficient (Wildman–Crippen LogP) is 1.13. The standard InChI is InChI=1S/C6H7NPS/c7-8(9)6-4-2-1-3-5-6/h1-5H,(H2,7,9)/q+1. The fraction of sp³-hybridized carbons (Fsp3) is 0. The molecular weight excluding hydrogens is 149 g/mol. The average molecular weight is 156 g/mol. The van der Waals surface area contributed by atoms with E-state index in [1.165, 1.54) is 0 Å². The molecule has 0 saturated carbocycles. The second kappa shape index (κ2) is 3.02. The maximum Gasteiger partial charge on any atom is 0.300 e. The van der Waals surface area contributed by atoms with Gasteiger partial charge in [0.2, 0.25) is 0 Å². The highest BCUT2D eigenvalue weighted by Crippen LogP contribution is 2.06. The van der Waals surface area contributed by atoms with Crippen LogP contribution in [0.15, 0.2) is 30.3 Å². The Hall–Kier alpha value is -0.300. The van der Waals surface area contributed by atoms with Crippen LogP contribution in [0.5, 0.6) is 0 Å². The Morgan fingerprint density at radius 2 is 1.78 bits per heavy atom. The van der Waals surface area contributed by atoms with Crippen LogP contribution < -0.4 is 10.8 Å².